The first-order valence-corrected chi connectivity index (χ1v) is 8.02. The van der Waals surface area contributed by atoms with Crippen LogP contribution in [-0.4, -0.2) is 23.8 Å². The molecule has 1 amide bonds. The monoisotopic (exact) mass is 331 g/mol. The lowest BCUT2D eigenvalue weighted by molar-refractivity contribution is -0.152. The maximum atomic E-state index is 12.0. The van der Waals surface area contributed by atoms with E-state index in [0.29, 0.717) is 11.3 Å². The lowest BCUT2D eigenvalue weighted by atomic mass is 10.1. The van der Waals surface area contributed by atoms with Crippen LogP contribution in [0.3, 0.4) is 0 Å². The van der Waals surface area contributed by atoms with Gasteiger partial charge in [-0.2, -0.15) is 11.3 Å². The van der Waals surface area contributed by atoms with Gasteiger partial charge in [-0.25, -0.2) is 0 Å². The van der Waals surface area contributed by atoms with Crippen molar-refractivity contribution in [3.63, 3.8) is 0 Å². The number of hydrogen-bond donors (Lipinski definition) is 1. The van der Waals surface area contributed by atoms with Crippen LogP contribution in [-0.2, 0) is 20.7 Å². The molecular weight excluding hydrogens is 314 g/mol. The maximum Gasteiger partial charge on any atom is 0.311 e. The summed E-state index contributed by atoms with van der Waals surface area (Å²) in [7, 11) is 0. The Bertz CT molecular complexity index is 692. The first-order chi connectivity index (χ1) is 11.0. The molecule has 0 aliphatic carbocycles. The van der Waals surface area contributed by atoms with Crippen LogP contribution in [0.25, 0.3) is 0 Å². The van der Waals surface area contributed by atoms with Crippen LogP contribution in [0.2, 0.25) is 0 Å². The van der Waals surface area contributed by atoms with E-state index >= 15 is 0 Å². The highest BCUT2D eigenvalue weighted by Crippen LogP contribution is 2.12. The van der Waals surface area contributed by atoms with Crippen molar-refractivity contribution in [2.24, 2.45) is 0 Å². The van der Waals surface area contributed by atoms with Crippen LogP contribution in [0, 0.1) is 0 Å². The second-order valence-corrected chi connectivity index (χ2v) is 5.84. The van der Waals surface area contributed by atoms with E-state index in [1.165, 1.54) is 25.2 Å². The quantitative estimate of drug-likeness (QED) is 0.652. The summed E-state index contributed by atoms with van der Waals surface area (Å²) >= 11 is 1.50. The van der Waals surface area contributed by atoms with Crippen LogP contribution in [0.5, 0.6) is 0 Å². The SMILES string of the molecule is CC(=O)c1ccc(NC(=O)[C@H](C)OC(=O)Cc2ccsc2)cc1. The van der Waals surface area contributed by atoms with Gasteiger partial charge in [-0.05, 0) is 60.5 Å². The maximum absolute atomic E-state index is 12.0. The molecule has 0 unspecified atom stereocenters. The van der Waals surface area contributed by atoms with Gasteiger partial charge in [-0.3, -0.25) is 14.4 Å². The van der Waals surface area contributed by atoms with E-state index in [1.54, 1.807) is 24.3 Å². The Labute approximate surface area is 138 Å². The third kappa shape index (κ3) is 5.03. The number of anilines is 1. The first-order valence-electron chi connectivity index (χ1n) is 7.08. The number of rotatable bonds is 6. The average Bonchev–Trinajstić information content (AvgIpc) is 3.00. The zero-order chi connectivity index (χ0) is 16.8. The van der Waals surface area contributed by atoms with Crippen LogP contribution in [0.1, 0.15) is 29.8 Å². The number of hydrogen-bond acceptors (Lipinski definition) is 5. The van der Waals surface area contributed by atoms with Gasteiger partial charge in [0.2, 0.25) is 0 Å². The number of carbonyl (C=O) groups is 3. The van der Waals surface area contributed by atoms with Crippen molar-refractivity contribution in [2.45, 2.75) is 26.4 Å². The topological polar surface area (TPSA) is 72.5 Å². The molecule has 6 heteroatoms. The van der Waals surface area contributed by atoms with E-state index in [1.807, 2.05) is 16.8 Å². The van der Waals surface area contributed by atoms with Crippen LogP contribution in [0.15, 0.2) is 41.1 Å². The van der Waals surface area contributed by atoms with E-state index < -0.39 is 18.0 Å². The molecule has 0 bridgehead atoms. The molecule has 2 rings (SSSR count). The van der Waals surface area contributed by atoms with Gasteiger partial charge >= 0.3 is 5.97 Å². The fraction of sp³-hybridized carbons (Fsp3) is 0.235. The number of ether oxygens (including phenoxy) is 1. The number of esters is 1. The number of amides is 1. The molecule has 0 spiro atoms. The molecule has 0 saturated heterocycles. The average molecular weight is 331 g/mol. The normalized spacial score (nSPS) is 11.6. The highest BCUT2D eigenvalue weighted by molar-refractivity contribution is 7.07. The molecule has 1 aromatic carbocycles. The number of ketones is 1. The van der Waals surface area contributed by atoms with Crippen molar-refractivity contribution in [2.75, 3.05) is 5.32 Å². The molecule has 5 nitrogen and oxygen atoms in total. The minimum absolute atomic E-state index is 0.0430. The van der Waals surface area contributed by atoms with E-state index in [9.17, 15) is 14.4 Å². The van der Waals surface area contributed by atoms with Gasteiger partial charge in [0, 0.05) is 11.3 Å². The van der Waals surface area contributed by atoms with E-state index in [-0.39, 0.29) is 12.2 Å². The first kappa shape index (κ1) is 16.9. The second kappa shape index (κ2) is 7.69. The molecule has 1 N–H and O–H groups in total. The summed E-state index contributed by atoms with van der Waals surface area (Å²) in [4.78, 5) is 35.0. The molecule has 23 heavy (non-hydrogen) atoms. The van der Waals surface area contributed by atoms with Crippen molar-refractivity contribution in [3.8, 4) is 0 Å². The molecule has 1 heterocycles. The number of nitrogens with one attached hydrogen (secondary N) is 1. The Balaban J connectivity index is 1.86. The van der Waals surface area contributed by atoms with Crippen LogP contribution in [0.4, 0.5) is 5.69 Å². The number of carbonyl (C=O) groups excluding carboxylic acids is 3. The molecule has 2 aromatic rings. The molecule has 0 saturated carbocycles. The van der Waals surface area contributed by atoms with Crippen molar-refractivity contribution < 1.29 is 19.1 Å². The summed E-state index contributed by atoms with van der Waals surface area (Å²) in [5.41, 5.74) is 1.98. The summed E-state index contributed by atoms with van der Waals surface area (Å²) in [6.45, 7) is 2.99. The third-order valence-corrected chi connectivity index (χ3v) is 3.90. The van der Waals surface area contributed by atoms with E-state index in [2.05, 4.69) is 5.32 Å². The van der Waals surface area contributed by atoms with Gasteiger partial charge in [-0.15, -0.1) is 0 Å². The summed E-state index contributed by atoms with van der Waals surface area (Å²) in [6.07, 6.45) is -0.748. The van der Waals surface area contributed by atoms with Crippen LogP contribution >= 0.6 is 11.3 Å². The second-order valence-electron chi connectivity index (χ2n) is 5.06. The third-order valence-electron chi connectivity index (χ3n) is 3.16. The zero-order valence-corrected chi connectivity index (χ0v) is 13.7. The lowest BCUT2D eigenvalue weighted by Crippen LogP contribution is -2.30. The van der Waals surface area contributed by atoms with Crippen LogP contribution < -0.4 is 5.32 Å². The molecule has 0 fully saturated rings. The van der Waals surface area contributed by atoms with Gasteiger partial charge in [0.05, 0.1) is 6.42 Å². The standard InChI is InChI=1S/C17H17NO4S/c1-11(19)14-3-5-15(6-4-14)18-17(21)12(2)22-16(20)9-13-7-8-23-10-13/h3-8,10,12H,9H2,1-2H3,(H,18,21)/t12-/m0/s1. The van der Waals surface area contributed by atoms with Crippen molar-refractivity contribution in [3.05, 3.63) is 52.2 Å². The van der Waals surface area contributed by atoms with Gasteiger partial charge in [0.15, 0.2) is 11.9 Å². The summed E-state index contributed by atoms with van der Waals surface area (Å²) in [5.74, 6) is -0.907. The predicted octanol–water partition coefficient (Wildman–Crippen LogP) is 3.06. The lowest BCUT2D eigenvalue weighted by Gasteiger charge is -2.13. The Morgan fingerprint density at radius 2 is 1.87 bits per heavy atom. The van der Waals surface area contributed by atoms with Crippen molar-refractivity contribution in [1.29, 1.82) is 0 Å². The Kier molecular flexibility index (Phi) is 5.65. The van der Waals surface area contributed by atoms with Gasteiger partial charge in [-0.1, -0.05) is 0 Å². The summed E-state index contributed by atoms with van der Waals surface area (Å²) < 4.78 is 5.12. The predicted molar refractivity (Wildman–Crippen MR) is 88.7 cm³/mol. The number of thiophene rings is 1. The number of Topliss-reactive ketones (excluding diaryl/α,β-unsaturated/α-hetero) is 1. The van der Waals surface area contributed by atoms with Gasteiger partial charge in [0.25, 0.3) is 5.91 Å². The molecule has 1 aromatic heterocycles. The Hall–Kier alpha value is -2.47. The molecule has 1 atom stereocenters. The molecule has 120 valence electrons. The summed E-state index contributed by atoms with van der Waals surface area (Å²) in [5, 5.41) is 6.39. The highest BCUT2D eigenvalue weighted by Gasteiger charge is 2.18. The molecule has 0 radical (unpaired) electrons. The Morgan fingerprint density at radius 3 is 2.43 bits per heavy atom. The highest BCUT2D eigenvalue weighted by atomic mass is 32.1. The Morgan fingerprint density at radius 1 is 1.17 bits per heavy atom. The molecular formula is C17H17NO4S. The largest absolute Gasteiger partial charge is 0.452 e. The minimum atomic E-state index is -0.895. The number of benzene rings is 1. The fourth-order valence-corrected chi connectivity index (χ4v) is 2.55. The van der Waals surface area contributed by atoms with E-state index in [0.717, 1.165) is 5.56 Å². The van der Waals surface area contributed by atoms with Crippen molar-refractivity contribution in [1.82, 2.24) is 0 Å². The van der Waals surface area contributed by atoms with Gasteiger partial charge < -0.3 is 10.1 Å². The van der Waals surface area contributed by atoms with Gasteiger partial charge in [0.1, 0.15) is 0 Å². The molecule has 0 aliphatic rings. The van der Waals surface area contributed by atoms with Crippen molar-refractivity contribution >= 4 is 34.7 Å². The molecule has 0 aliphatic heterocycles. The minimum Gasteiger partial charge on any atom is -0.452 e. The zero-order valence-electron chi connectivity index (χ0n) is 12.9. The smallest absolute Gasteiger partial charge is 0.311 e. The summed E-state index contributed by atoms with van der Waals surface area (Å²) in [6, 6.07) is 8.37. The fourth-order valence-electron chi connectivity index (χ4n) is 1.88. The van der Waals surface area contributed by atoms with E-state index in [4.69, 9.17) is 4.74 Å².